The number of rotatable bonds is 9. The maximum absolute atomic E-state index is 4.70. The third kappa shape index (κ3) is 6.01. The second-order valence-electron chi connectivity index (χ2n) is 9.52. The molecule has 194 valence electrons. The van der Waals surface area contributed by atoms with Gasteiger partial charge in [0.05, 0.1) is 11.0 Å². The predicted octanol–water partition coefficient (Wildman–Crippen LogP) is 3.29. The smallest absolute Gasteiger partial charge is 0.116 e. The molecule has 0 radical (unpaired) electrons. The third-order valence-corrected chi connectivity index (χ3v) is 6.85. The fraction of sp³-hybridized carbons (Fsp3) is 0.333. The van der Waals surface area contributed by atoms with E-state index in [1.807, 2.05) is 31.5 Å². The van der Waals surface area contributed by atoms with Crippen molar-refractivity contribution in [3.05, 3.63) is 82.8 Å². The number of nitrogens with one attached hydrogen (secondary N) is 3. The highest BCUT2D eigenvalue weighted by atomic mass is 15.3. The second kappa shape index (κ2) is 12.0. The molecule has 4 heterocycles. The van der Waals surface area contributed by atoms with E-state index in [1.54, 1.807) is 0 Å². The Bertz CT molecular complexity index is 1400. The van der Waals surface area contributed by atoms with Crippen LogP contribution in [0.5, 0.6) is 0 Å². The van der Waals surface area contributed by atoms with E-state index in [9.17, 15) is 0 Å². The van der Waals surface area contributed by atoms with E-state index in [0.29, 0.717) is 0 Å². The standard InChI is InChI=1S/C30H39N7/c1-7-10-29(37-13-11-36(6)12-14-37)25-17-28(33-22(25)5)30-26(27(8-2)34-35-30)15-21(4)24-16-23(18-31-9-3)19-32-20-24/h7-8,10,15-17,19-20,31,33-34H,1,4,9,11-14,18H2,2-3,5-6H3/b26-15+,27-8+,29-10+. The molecule has 3 aromatic rings. The van der Waals surface area contributed by atoms with Gasteiger partial charge >= 0.3 is 0 Å². The summed E-state index contributed by atoms with van der Waals surface area (Å²) in [5.41, 5.74) is 8.35. The molecule has 1 aliphatic rings. The zero-order valence-corrected chi connectivity index (χ0v) is 22.6. The van der Waals surface area contributed by atoms with Gasteiger partial charge in [0.25, 0.3) is 0 Å². The lowest BCUT2D eigenvalue weighted by atomic mass is 10.1. The number of aryl methyl sites for hydroxylation is 1. The molecular weight excluding hydrogens is 458 g/mol. The fourth-order valence-corrected chi connectivity index (χ4v) is 4.70. The first-order valence-electron chi connectivity index (χ1n) is 13.0. The first kappa shape index (κ1) is 26.4. The number of likely N-dealkylation sites (N-methyl/N-ethyl adjacent to an activating group) is 1. The van der Waals surface area contributed by atoms with Gasteiger partial charge in [-0.05, 0) is 68.4 Å². The fourth-order valence-electron chi connectivity index (χ4n) is 4.70. The van der Waals surface area contributed by atoms with Crippen LogP contribution >= 0.6 is 0 Å². The van der Waals surface area contributed by atoms with Crippen molar-refractivity contribution < 1.29 is 0 Å². The summed E-state index contributed by atoms with van der Waals surface area (Å²) in [7, 11) is 2.17. The molecule has 1 fully saturated rings. The van der Waals surface area contributed by atoms with Gasteiger partial charge in [-0.2, -0.15) is 5.10 Å². The highest BCUT2D eigenvalue weighted by Crippen LogP contribution is 2.28. The van der Waals surface area contributed by atoms with Crippen molar-refractivity contribution in [1.82, 2.24) is 35.3 Å². The summed E-state index contributed by atoms with van der Waals surface area (Å²) in [6, 6.07) is 4.35. The Morgan fingerprint density at radius 2 is 1.97 bits per heavy atom. The highest BCUT2D eigenvalue weighted by molar-refractivity contribution is 5.88. The summed E-state index contributed by atoms with van der Waals surface area (Å²) >= 11 is 0. The van der Waals surface area contributed by atoms with Crippen molar-refractivity contribution in [3.8, 4) is 11.4 Å². The molecule has 37 heavy (non-hydrogen) atoms. The van der Waals surface area contributed by atoms with Crippen LogP contribution in [0.3, 0.4) is 0 Å². The predicted molar refractivity (Wildman–Crippen MR) is 155 cm³/mol. The summed E-state index contributed by atoms with van der Waals surface area (Å²) in [5.74, 6) is 0. The molecule has 0 spiro atoms. The van der Waals surface area contributed by atoms with E-state index in [-0.39, 0.29) is 0 Å². The number of aromatic amines is 2. The second-order valence-corrected chi connectivity index (χ2v) is 9.52. The lowest BCUT2D eigenvalue weighted by Gasteiger charge is -2.35. The zero-order chi connectivity index (χ0) is 26.4. The average Bonchev–Trinajstić information content (AvgIpc) is 3.49. The van der Waals surface area contributed by atoms with E-state index < -0.39 is 0 Å². The zero-order valence-electron chi connectivity index (χ0n) is 22.6. The van der Waals surface area contributed by atoms with Crippen molar-refractivity contribution in [2.45, 2.75) is 27.3 Å². The molecule has 0 amide bonds. The molecule has 0 unspecified atom stereocenters. The molecule has 7 heteroatoms. The quantitative estimate of drug-likeness (QED) is 0.396. The molecule has 4 rings (SSSR count). The average molecular weight is 498 g/mol. The molecule has 0 aromatic carbocycles. The molecular formula is C30H39N7. The number of nitrogens with zero attached hydrogens (tertiary/aromatic N) is 4. The van der Waals surface area contributed by atoms with Gasteiger partial charge < -0.3 is 20.1 Å². The molecule has 3 N–H and O–H groups in total. The largest absolute Gasteiger partial charge is 0.368 e. The van der Waals surface area contributed by atoms with Crippen LogP contribution in [0.4, 0.5) is 0 Å². The highest BCUT2D eigenvalue weighted by Gasteiger charge is 2.21. The minimum atomic E-state index is 0.786. The molecule has 1 saturated heterocycles. The first-order valence-corrected chi connectivity index (χ1v) is 13.0. The van der Waals surface area contributed by atoms with Crippen LogP contribution in [0, 0.1) is 6.92 Å². The SMILES string of the molecule is C=C/C=C(\c1cc(-c2n[nH]c(=C/C)/c2=C\C(=C)c2cncc(CNCC)c2)[nH]c1C)N1CCN(C)CC1. The van der Waals surface area contributed by atoms with E-state index in [0.717, 1.165) is 83.6 Å². The Labute approximate surface area is 220 Å². The van der Waals surface area contributed by atoms with Crippen molar-refractivity contribution in [3.63, 3.8) is 0 Å². The van der Waals surface area contributed by atoms with Crippen molar-refractivity contribution >= 4 is 23.4 Å². The minimum Gasteiger partial charge on any atom is -0.368 e. The van der Waals surface area contributed by atoms with Gasteiger partial charge in [0.15, 0.2) is 0 Å². The van der Waals surface area contributed by atoms with Gasteiger partial charge in [0, 0.05) is 67.3 Å². The number of allylic oxidation sites excluding steroid dienone is 3. The van der Waals surface area contributed by atoms with E-state index in [4.69, 9.17) is 5.10 Å². The summed E-state index contributed by atoms with van der Waals surface area (Å²) < 4.78 is 0. The van der Waals surface area contributed by atoms with Gasteiger partial charge in [-0.1, -0.05) is 32.2 Å². The van der Waals surface area contributed by atoms with Gasteiger partial charge in [-0.25, -0.2) is 0 Å². The Balaban J connectivity index is 1.72. The molecule has 1 aliphatic heterocycles. The van der Waals surface area contributed by atoms with Crippen molar-refractivity contribution in [2.75, 3.05) is 39.8 Å². The number of aromatic nitrogens is 4. The van der Waals surface area contributed by atoms with Gasteiger partial charge in [-0.15, -0.1) is 0 Å². The molecule has 3 aromatic heterocycles. The number of piperazine rings is 1. The molecule has 0 saturated carbocycles. The van der Waals surface area contributed by atoms with Crippen molar-refractivity contribution in [1.29, 1.82) is 0 Å². The maximum Gasteiger partial charge on any atom is 0.116 e. The normalized spacial score (nSPS) is 16.0. The number of hydrogen-bond acceptors (Lipinski definition) is 5. The van der Waals surface area contributed by atoms with Crippen LogP contribution in [0.25, 0.3) is 34.8 Å². The lowest BCUT2D eigenvalue weighted by molar-refractivity contribution is 0.207. The molecule has 0 atom stereocenters. The number of hydrogen-bond donors (Lipinski definition) is 3. The third-order valence-electron chi connectivity index (χ3n) is 6.85. The van der Waals surface area contributed by atoms with Crippen LogP contribution in [0.15, 0.2) is 49.8 Å². The van der Waals surface area contributed by atoms with E-state index >= 15 is 0 Å². The van der Waals surface area contributed by atoms with Crippen LogP contribution in [-0.2, 0) is 6.54 Å². The summed E-state index contributed by atoms with van der Waals surface area (Å²) in [6.07, 6.45) is 11.9. The Hall–Kier alpha value is -3.68. The summed E-state index contributed by atoms with van der Waals surface area (Å²) in [4.78, 5) is 12.8. The Morgan fingerprint density at radius 1 is 1.19 bits per heavy atom. The van der Waals surface area contributed by atoms with Gasteiger partial charge in [0.2, 0.25) is 0 Å². The van der Waals surface area contributed by atoms with Crippen LogP contribution in [0.2, 0.25) is 0 Å². The first-order chi connectivity index (χ1) is 17.9. The van der Waals surface area contributed by atoms with Crippen molar-refractivity contribution in [2.24, 2.45) is 0 Å². The van der Waals surface area contributed by atoms with Gasteiger partial charge in [0.1, 0.15) is 5.69 Å². The molecule has 7 nitrogen and oxygen atoms in total. The molecule has 0 bridgehead atoms. The topological polar surface area (TPSA) is 75.9 Å². The Morgan fingerprint density at radius 3 is 2.68 bits per heavy atom. The monoisotopic (exact) mass is 497 g/mol. The van der Waals surface area contributed by atoms with Crippen LogP contribution in [-0.4, -0.2) is 69.7 Å². The van der Waals surface area contributed by atoms with Crippen LogP contribution < -0.4 is 15.9 Å². The molecule has 0 aliphatic carbocycles. The van der Waals surface area contributed by atoms with Crippen LogP contribution in [0.1, 0.15) is 36.2 Å². The van der Waals surface area contributed by atoms with E-state index in [2.05, 4.69) is 88.5 Å². The van der Waals surface area contributed by atoms with Gasteiger partial charge in [-0.3, -0.25) is 10.1 Å². The van der Waals surface area contributed by atoms with E-state index in [1.165, 1.54) is 11.3 Å². The Kier molecular flexibility index (Phi) is 8.58. The summed E-state index contributed by atoms with van der Waals surface area (Å²) in [5, 5.41) is 13.2. The minimum absolute atomic E-state index is 0.786. The number of H-pyrrole nitrogens is 2. The summed E-state index contributed by atoms with van der Waals surface area (Å²) in [6.45, 7) is 20.4. The number of pyridine rings is 1. The maximum atomic E-state index is 4.70. The lowest BCUT2D eigenvalue weighted by Crippen LogP contribution is -2.43.